The molecule has 0 amide bonds. The standard InChI is InChI=1S/C12H11NO3/c14-8-13-9-3-4-10-11(7-9)16-12(15-10)5-1-2-6-12/h3-4,7H,1-2,5-6H2. The minimum atomic E-state index is -0.453. The first kappa shape index (κ1) is 9.43. The van der Waals surface area contributed by atoms with E-state index in [4.69, 9.17) is 9.47 Å². The SMILES string of the molecule is O=C=Nc1ccc2c(c1)OC1(CCCC1)O2. The van der Waals surface area contributed by atoms with Crippen LogP contribution < -0.4 is 9.47 Å². The van der Waals surface area contributed by atoms with Crippen LogP contribution in [0.2, 0.25) is 0 Å². The number of isocyanates is 1. The van der Waals surface area contributed by atoms with Crippen molar-refractivity contribution in [2.75, 3.05) is 0 Å². The molecule has 4 heteroatoms. The van der Waals surface area contributed by atoms with Crippen molar-refractivity contribution in [3.05, 3.63) is 18.2 Å². The van der Waals surface area contributed by atoms with Crippen LogP contribution in [0.5, 0.6) is 11.5 Å². The summed E-state index contributed by atoms with van der Waals surface area (Å²) >= 11 is 0. The Morgan fingerprint density at radius 3 is 2.69 bits per heavy atom. The van der Waals surface area contributed by atoms with Crippen LogP contribution in [0, 0.1) is 0 Å². The van der Waals surface area contributed by atoms with Crippen molar-refractivity contribution in [2.24, 2.45) is 4.99 Å². The molecule has 1 aliphatic carbocycles. The smallest absolute Gasteiger partial charge is 0.251 e. The van der Waals surface area contributed by atoms with Crippen LogP contribution in [0.15, 0.2) is 23.2 Å². The number of ether oxygens (including phenoxy) is 2. The lowest BCUT2D eigenvalue weighted by molar-refractivity contribution is -0.0716. The maximum Gasteiger partial charge on any atom is 0.251 e. The summed E-state index contributed by atoms with van der Waals surface area (Å²) in [6.45, 7) is 0. The van der Waals surface area contributed by atoms with Gasteiger partial charge in [0.15, 0.2) is 11.5 Å². The molecule has 0 atom stereocenters. The minimum absolute atomic E-state index is 0.453. The van der Waals surface area contributed by atoms with Crippen LogP contribution in [0.1, 0.15) is 25.7 Å². The zero-order valence-electron chi connectivity index (χ0n) is 8.73. The normalized spacial score (nSPS) is 19.8. The molecule has 1 heterocycles. The Balaban J connectivity index is 1.94. The molecule has 3 rings (SSSR count). The maximum atomic E-state index is 10.2. The average Bonchev–Trinajstić information content (AvgIpc) is 2.85. The van der Waals surface area contributed by atoms with Gasteiger partial charge in [0.2, 0.25) is 6.08 Å². The molecule has 0 radical (unpaired) electrons. The second-order valence-corrected chi connectivity index (χ2v) is 4.16. The predicted octanol–water partition coefficient (Wildman–Crippen LogP) is 2.70. The molecule has 0 unspecified atom stereocenters. The maximum absolute atomic E-state index is 10.2. The third kappa shape index (κ3) is 1.39. The molecule has 0 saturated heterocycles. The highest BCUT2D eigenvalue weighted by Gasteiger charge is 2.43. The van der Waals surface area contributed by atoms with E-state index in [1.807, 2.05) is 0 Å². The molecule has 1 aromatic carbocycles. The third-order valence-corrected chi connectivity index (χ3v) is 3.06. The highest BCUT2D eigenvalue weighted by molar-refractivity contribution is 5.57. The van der Waals surface area contributed by atoms with Gasteiger partial charge in [-0.3, -0.25) is 0 Å². The van der Waals surface area contributed by atoms with E-state index >= 15 is 0 Å². The van der Waals surface area contributed by atoms with E-state index < -0.39 is 5.79 Å². The zero-order valence-corrected chi connectivity index (χ0v) is 8.73. The first-order valence-electron chi connectivity index (χ1n) is 5.41. The molecule has 82 valence electrons. The fraction of sp³-hybridized carbons (Fsp3) is 0.417. The van der Waals surface area contributed by atoms with Crippen molar-refractivity contribution in [3.8, 4) is 11.5 Å². The van der Waals surface area contributed by atoms with E-state index in [0.717, 1.165) is 31.4 Å². The number of fused-ring (bicyclic) bond motifs is 1. The summed E-state index contributed by atoms with van der Waals surface area (Å²) in [7, 11) is 0. The first-order chi connectivity index (χ1) is 7.81. The van der Waals surface area contributed by atoms with Crippen molar-refractivity contribution in [3.63, 3.8) is 0 Å². The van der Waals surface area contributed by atoms with Crippen molar-refractivity contribution in [1.29, 1.82) is 0 Å². The molecule has 0 bridgehead atoms. The van der Waals surface area contributed by atoms with Gasteiger partial charge in [-0.25, -0.2) is 4.79 Å². The van der Waals surface area contributed by atoms with Crippen LogP contribution in [-0.2, 0) is 4.79 Å². The Hall–Kier alpha value is -1.80. The van der Waals surface area contributed by atoms with E-state index in [2.05, 4.69) is 4.99 Å². The summed E-state index contributed by atoms with van der Waals surface area (Å²) in [6, 6.07) is 5.23. The van der Waals surface area contributed by atoms with Gasteiger partial charge in [-0.15, -0.1) is 0 Å². The second-order valence-electron chi connectivity index (χ2n) is 4.16. The number of aliphatic imine (C=N–C) groups is 1. The molecular weight excluding hydrogens is 206 g/mol. The molecule has 16 heavy (non-hydrogen) atoms. The zero-order chi connectivity index (χ0) is 11.0. The van der Waals surface area contributed by atoms with Gasteiger partial charge in [0, 0.05) is 18.9 Å². The van der Waals surface area contributed by atoms with Gasteiger partial charge in [0.05, 0.1) is 5.69 Å². The van der Waals surface area contributed by atoms with E-state index in [9.17, 15) is 4.79 Å². The number of hydrogen-bond donors (Lipinski definition) is 0. The predicted molar refractivity (Wildman–Crippen MR) is 56.7 cm³/mol. The minimum Gasteiger partial charge on any atom is -0.448 e. The fourth-order valence-corrected chi connectivity index (χ4v) is 2.32. The van der Waals surface area contributed by atoms with Crippen LogP contribution in [0.25, 0.3) is 0 Å². The van der Waals surface area contributed by atoms with Crippen LogP contribution in [-0.4, -0.2) is 11.9 Å². The average molecular weight is 217 g/mol. The Labute approximate surface area is 92.9 Å². The summed E-state index contributed by atoms with van der Waals surface area (Å²) in [4.78, 5) is 13.7. The van der Waals surface area contributed by atoms with Gasteiger partial charge in [-0.2, -0.15) is 4.99 Å². The number of benzene rings is 1. The van der Waals surface area contributed by atoms with E-state index in [1.54, 1.807) is 18.2 Å². The first-order valence-corrected chi connectivity index (χ1v) is 5.41. The summed E-state index contributed by atoms with van der Waals surface area (Å²) in [5.74, 6) is 0.969. The molecule has 1 aromatic rings. The number of nitrogens with zero attached hydrogens (tertiary/aromatic N) is 1. The van der Waals surface area contributed by atoms with Crippen LogP contribution in [0.4, 0.5) is 5.69 Å². The van der Waals surface area contributed by atoms with Gasteiger partial charge < -0.3 is 9.47 Å². The van der Waals surface area contributed by atoms with Crippen LogP contribution in [0.3, 0.4) is 0 Å². The van der Waals surface area contributed by atoms with Crippen molar-refractivity contribution in [2.45, 2.75) is 31.5 Å². The highest BCUT2D eigenvalue weighted by atomic mass is 16.7. The lowest BCUT2D eigenvalue weighted by Gasteiger charge is -2.21. The Bertz CT molecular complexity index is 471. The number of hydrogen-bond acceptors (Lipinski definition) is 4. The van der Waals surface area contributed by atoms with Gasteiger partial charge in [0.25, 0.3) is 5.79 Å². The highest BCUT2D eigenvalue weighted by Crippen LogP contribution is 2.47. The Morgan fingerprint density at radius 2 is 1.94 bits per heavy atom. The molecule has 1 aliphatic heterocycles. The topological polar surface area (TPSA) is 47.9 Å². The Kier molecular flexibility index (Phi) is 1.98. The van der Waals surface area contributed by atoms with Gasteiger partial charge in [-0.05, 0) is 25.0 Å². The largest absolute Gasteiger partial charge is 0.448 e. The molecule has 0 aromatic heterocycles. The van der Waals surface area contributed by atoms with E-state index in [-0.39, 0.29) is 0 Å². The molecule has 0 N–H and O–H groups in total. The quantitative estimate of drug-likeness (QED) is 0.536. The third-order valence-electron chi connectivity index (χ3n) is 3.06. The summed E-state index contributed by atoms with van der Waals surface area (Å²) in [6.07, 6.45) is 5.63. The molecule has 1 spiro atoms. The van der Waals surface area contributed by atoms with Crippen LogP contribution >= 0.6 is 0 Å². The lowest BCUT2D eigenvalue weighted by atomic mass is 10.2. The molecular formula is C12H11NO3. The van der Waals surface area contributed by atoms with E-state index in [1.165, 1.54) is 6.08 Å². The summed E-state index contributed by atoms with van der Waals surface area (Å²) in [5, 5.41) is 0. The molecule has 2 aliphatic rings. The Morgan fingerprint density at radius 1 is 1.19 bits per heavy atom. The number of carbonyl (C=O) groups excluding carboxylic acids is 1. The van der Waals surface area contributed by atoms with Crippen molar-refractivity contribution in [1.82, 2.24) is 0 Å². The molecule has 4 nitrogen and oxygen atoms in total. The van der Waals surface area contributed by atoms with Crippen molar-refractivity contribution < 1.29 is 14.3 Å². The lowest BCUT2D eigenvalue weighted by Crippen LogP contribution is -2.34. The molecule has 1 fully saturated rings. The van der Waals surface area contributed by atoms with E-state index in [0.29, 0.717) is 11.4 Å². The fourth-order valence-electron chi connectivity index (χ4n) is 2.32. The van der Waals surface area contributed by atoms with Gasteiger partial charge >= 0.3 is 0 Å². The van der Waals surface area contributed by atoms with Gasteiger partial charge in [-0.1, -0.05) is 0 Å². The van der Waals surface area contributed by atoms with Crippen molar-refractivity contribution >= 4 is 11.8 Å². The monoisotopic (exact) mass is 217 g/mol. The molecule has 1 saturated carbocycles. The number of rotatable bonds is 1. The summed E-state index contributed by atoms with van der Waals surface area (Å²) < 4.78 is 11.7. The van der Waals surface area contributed by atoms with Gasteiger partial charge in [0.1, 0.15) is 0 Å². The second kappa shape index (κ2) is 3.35. The summed E-state index contributed by atoms with van der Waals surface area (Å²) in [5.41, 5.74) is 0.549.